The van der Waals surface area contributed by atoms with Crippen LogP contribution in [0.1, 0.15) is 19.4 Å². The first-order valence-corrected chi connectivity index (χ1v) is 6.92. The summed E-state index contributed by atoms with van der Waals surface area (Å²) in [6.07, 6.45) is 7.46. The van der Waals surface area contributed by atoms with Crippen molar-refractivity contribution in [1.29, 1.82) is 10.5 Å². The fourth-order valence-corrected chi connectivity index (χ4v) is 2.28. The van der Waals surface area contributed by atoms with E-state index in [1.807, 2.05) is 36.4 Å². The molecule has 1 aromatic rings. The molecule has 3 nitrogen and oxygen atoms in total. The fraction of sp³-hybridized carbons (Fsp3) is 0.222. The van der Waals surface area contributed by atoms with Crippen molar-refractivity contribution in [2.45, 2.75) is 13.8 Å². The Morgan fingerprint density at radius 3 is 2.62 bits per heavy atom. The first kappa shape index (κ1) is 14.6. The molecule has 0 atom stereocenters. The molecule has 0 N–H and O–H groups in total. The Morgan fingerprint density at radius 2 is 1.95 bits per heavy atom. The Balaban J connectivity index is 2.41. The van der Waals surface area contributed by atoms with Crippen LogP contribution in [0.3, 0.4) is 0 Å². The van der Waals surface area contributed by atoms with Crippen molar-refractivity contribution >= 4 is 11.3 Å². The van der Waals surface area contributed by atoms with Crippen LogP contribution in [-0.4, -0.2) is 6.54 Å². The predicted molar refractivity (Wildman–Crippen MR) is 85.1 cm³/mol. The Hall–Kier alpha value is -2.78. The Bertz CT molecular complexity index is 678. The topological polar surface area (TPSA) is 50.8 Å². The van der Waals surface area contributed by atoms with Gasteiger partial charge in [0.15, 0.2) is 0 Å². The number of nitriles is 2. The molecule has 104 valence electrons. The molecule has 0 saturated carbocycles. The Kier molecular flexibility index (Phi) is 4.59. The van der Waals surface area contributed by atoms with Crippen molar-refractivity contribution in [3.63, 3.8) is 0 Å². The van der Waals surface area contributed by atoms with Crippen LogP contribution in [0.15, 0.2) is 54.3 Å². The number of allylic oxidation sites excluding steroid dienone is 5. The summed E-state index contributed by atoms with van der Waals surface area (Å²) in [6.45, 7) is 5.34. The summed E-state index contributed by atoms with van der Waals surface area (Å²) < 4.78 is 0. The number of rotatable bonds is 3. The van der Waals surface area contributed by atoms with Crippen molar-refractivity contribution in [2.24, 2.45) is 5.92 Å². The van der Waals surface area contributed by atoms with E-state index in [9.17, 15) is 0 Å². The van der Waals surface area contributed by atoms with Gasteiger partial charge in [-0.05, 0) is 29.7 Å². The van der Waals surface area contributed by atoms with Gasteiger partial charge in [0.1, 0.15) is 17.7 Å². The maximum absolute atomic E-state index is 8.80. The highest BCUT2D eigenvalue weighted by atomic mass is 15.1. The van der Waals surface area contributed by atoms with Gasteiger partial charge in [0, 0.05) is 24.0 Å². The molecular weight excluding hydrogens is 258 g/mol. The van der Waals surface area contributed by atoms with E-state index in [1.54, 1.807) is 6.08 Å². The van der Waals surface area contributed by atoms with Crippen molar-refractivity contribution < 1.29 is 0 Å². The number of para-hydroxylation sites is 1. The second-order valence-corrected chi connectivity index (χ2v) is 5.31. The van der Waals surface area contributed by atoms with Crippen LogP contribution in [0, 0.1) is 28.6 Å². The van der Waals surface area contributed by atoms with Gasteiger partial charge >= 0.3 is 0 Å². The molecule has 0 spiro atoms. The van der Waals surface area contributed by atoms with E-state index in [2.05, 4.69) is 37.1 Å². The molecule has 0 aromatic heterocycles. The second-order valence-electron chi connectivity index (χ2n) is 5.31. The number of nitrogens with zero attached hydrogens (tertiary/aromatic N) is 3. The van der Waals surface area contributed by atoms with E-state index >= 15 is 0 Å². The first-order chi connectivity index (χ1) is 10.2. The highest BCUT2D eigenvalue weighted by molar-refractivity contribution is 5.87. The van der Waals surface area contributed by atoms with Gasteiger partial charge in [0.25, 0.3) is 0 Å². The van der Waals surface area contributed by atoms with Gasteiger partial charge < -0.3 is 4.90 Å². The molecule has 0 radical (unpaired) electrons. The molecule has 0 unspecified atom stereocenters. The lowest BCUT2D eigenvalue weighted by atomic mass is 9.98. The lowest BCUT2D eigenvalue weighted by Crippen LogP contribution is -2.24. The minimum Gasteiger partial charge on any atom is -0.347 e. The van der Waals surface area contributed by atoms with Crippen molar-refractivity contribution in [2.75, 3.05) is 11.4 Å². The molecule has 0 saturated heterocycles. The fourth-order valence-electron chi connectivity index (χ4n) is 2.28. The maximum atomic E-state index is 8.80. The first-order valence-electron chi connectivity index (χ1n) is 6.92. The SMILES string of the molecule is CC(C)CN1C=C/C(=C\C=C(C#N)C#N)c2ccccc21. The normalized spacial score (nSPS) is 14.5. The monoisotopic (exact) mass is 275 g/mol. The zero-order valence-corrected chi connectivity index (χ0v) is 12.2. The Labute approximate surface area is 125 Å². The average molecular weight is 275 g/mol. The summed E-state index contributed by atoms with van der Waals surface area (Å²) in [7, 11) is 0. The van der Waals surface area contributed by atoms with Crippen LogP contribution in [0.25, 0.3) is 5.57 Å². The van der Waals surface area contributed by atoms with Gasteiger partial charge in [-0.3, -0.25) is 0 Å². The van der Waals surface area contributed by atoms with Gasteiger partial charge in [-0.15, -0.1) is 0 Å². The van der Waals surface area contributed by atoms with Crippen LogP contribution in [0.2, 0.25) is 0 Å². The number of fused-ring (bicyclic) bond motifs is 1. The third kappa shape index (κ3) is 3.41. The molecule has 2 rings (SSSR count). The lowest BCUT2D eigenvalue weighted by Gasteiger charge is -2.29. The van der Waals surface area contributed by atoms with Gasteiger partial charge in [-0.1, -0.05) is 38.1 Å². The van der Waals surface area contributed by atoms with Crippen LogP contribution < -0.4 is 4.90 Å². The molecule has 1 aliphatic rings. The number of benzene rings is 1. The summed E-state index contributed by atoms with van der Waals surface area (Å²) >= 11 is 0. The van der Waals surface area contributed by atoms with E-state index < -0.39 is 0 Å². The van der Waals surface area contributed by atoms with Crippen LogP contribution in [0.4, 0.5) is 5.69 Å². The van der Waals surface area contributed by atoms with E-state index in [-0.39, 0.29) is 5.57 Å². The summed E-state index contributed by atoms with van der Waals surface area (Å²) in [6, 6.07) is 11.9. The van der Waals surface area contributed by atoms with Crippen LogP contribution in [0.5, 0.6) is 0 Å². The smallest absolute Gasteiger partial charge is 0.129 e. The zero-order valence-electron chi connectivity index (χ0n) is 12.2. The molecule has 1 heterocycles. The number of hydrogen-bond acceptors (Lipinski definition) is 3. The number of anilines is 1. The summed E-state index contributed by atoms with van der Waals surface area (Å²) in [5, 5.41) is 17.6. The van der Waals surface area contributed by atoms with Crippen LogP contribution >= 0.6 is 0 Å². The standard InChI is InChI=1S/C18H17N3/c1-14(2)13-21-10-9-16(8-7-15(11-19)12-20)17-5-3-4-6-18(17)21/h3-10,14H,13H2,1-2H3/b16-8+. The molecule has 21 heavy (non-hydrogen) atoms. The van der Waals surface area contributed by atoms with Gasteiger partial charge in [-0.25, -0.2) is 0 Å². The molecule has 1 aliphatic heterocycles. The van der Waals surface area contributed by atoms with Gasteiger partial charge in [0.05, 0.1) is 0 Å². The molecular formula is C18H17N3. The van der Waals surface area contributed by atoms with E-state index in [0.29, 0.717) is 5.92 Å². The summed E-state index contributed by atoms with van der Waals surface area (Å²) in [5.41, 5.74) is 3.39. The highest BCUT2D eigenvalue weighted by Gasteiger charge is 2.15. The summed E-state index contributed by atoms with van der Waals surface area (Å²) in [4.78, 5) is 2.23. The van der Waals surface area contributed by atoms with E-state index in [4.69, 9.17) is 10.5 Å². The molecule has 0 aliphatic carbocycles. The van der Waals surface area contributed by atoms with E-state index in [1.165, 1.54) is 0 Å². The third-order valence-electron chi connectivity index (χ3n) is 3.19. The maximum Gasteiger partial charge on any atom is 0.129 e. The zero-order chi connectivity index (χ0) is 15.2. The molecule has 0 amide bonds. The average Bonchev–Trinajstić information content (AvgIpc) is 2.49. The molecule has 3 heteroatoms. The summed E-state index contributed by atoms with van der Waals surface area (Å²) in [5.74, 6) is 0.567. The largest absolute Gasteiger partial charge is 0.347 e. The van der Waals surface area contributed by atoms with Crippen molar-refractivity contribution in [1.82, 2.24) is 0 Å². The minimum atomic E-state index is 0.109. The van der Waals surface area contributed by atoms with Gasteiger partial charge in [0.2, 0.25) is 0 Å². The highest BCUT2D eigenvalue weighted by Crippen LogP contribution is 2.33. The van der Waals surface area contributed by atoms with E-state index in [0.717, 1.165) is 23.4 Å². The minimum absolute atomic E-state index is 0.109. The Morgan fingerprint density at radius 1 is 1.24 bits per heavy atom. The predicted octanol–water partition coefficient (Wildman–Crippen LogP) is 4.03. The molecule has 0 bridgehead atoms. The van der Waals surface area contributed by atoms with Crippen molar-refractivity contribution in [3.05, 3.63) is 59.8 Å². The second kappa shape index (κ2) is 6.59. The third-order valence-corrected chi connectivity index (χ3v) is 3.19. The lowest BCUT2D eigenvalue weighted by molar-refractivity contribution is 0.648. The molecule has 0 fully saturated rings. The van der Waals surface area contributed by atoms with Crippen molar-refractivity contribution in [3.8, 4) is 12.1 Å². The van der Waals surface area contributed by atoms with Crippen LogP contribution in [-0.2, 0) is 0 Å². The molecule has 1 aromatic carbocycles. The quantitative estimate of drug-likeness (QED) is 0.782. The number of hydrogen-bond donors (Lipinski definition) is 0. The van der Waals surface area contributed by atoms with Gasteiger partial charge in [-0.2, -0.15) is 10.5 Å².